The fourth-order valence-corrected chi connectivity index (χ4v) is 1.82. The van der Waals surface area contributed by atoms with Gasteiger partial charge in [-0.05, 0) is 45.7 Å². The van der Waals surface area contributed by atoms with Crippen molar-refractivity contribution in [1.82, 2.24) is 4.90 Å². The summed E-state index contributed by atoms with van der Waals surface area (Å²) in [4.78, 5) is 2.41. The van der Waals surface area contributed by atoms with E-state index in [4.69, 9.17) is 5.73 Å². The smallest absolute Gasteiger partial charge is 0.00497 e. The Morgan fingerprint density at radius 2 is 2.00 bits per heavy atom. The highest BCUT2D eigenvalue weighted by molar-refractivity contribution is 4.91. The molecule has 0 aromatic heterocycles. The SMILES string of the molecule is CC(C)N(C)CC1(CN)CCC1. The number of hydrogen-bond acceptors (Lipinski definition) is 2. The van der Waals surface area contributed by atoms with Gasteiger partial charge in [0.2, 0.25) is 0 Å². The highest BCUT2D eigenvalue weighted by Crippen LogP contribution is 2.40. The Bertz CT molecular complexity index is 133. The Kier molecular flexibility index (Phi) is 3.13. The quantitative estimate of drug-likeness (QED) is 0.692. The zero-order valence-corrected chi connectivity index (χ0v) is 8.64. The maximum Gasteiger partial charge on any atom is 0.00497 e. The zero-order valence-electron chi connectivity index (χ0n) is 8.64. The van der Waals surface area contributed by atoms with Crippen molar-refractivity contribution in [1.29, 1.82) is 0 Å². The van der Waals surface area contributed by atoms with Crippen LogP contribution in [0.1, 0.15) is 33.1 Å². The predicted octanol–water partition coefficient (Wildman–Crippen LogP) is 1.46. The highest BCUT2D eigenvalue weighted by atomic mass is 15.1. The second-order valence-electron chi connectivity index (χ2n) is 4.57. The van der Waals surface area contributed by atoms with Crippen molar-refractivity contribution in [3.63, 3.8) is 0 Å². The average molecular weight is 170 g/mol. The lowest BCUT2D eigenvalue weighted by molar-refractivity contribution is 0.0742. The van der Waals surface area contributed by atoms with Gasteiger partial charge in [-0.1, -0.05) is 6.42 Å². The third-order valence-electron chi connectivity index (χ3n) is 3.31. The maximum atomic E-state index is 5.79. The van der Waals surface area contributed by atoms with E-state index in [1.54, 1.807) is 0 Å². The monoisotopic (exact) mass is 170 g/mol. The summed E-state index contributed by atoms with van der Waals surface area (Å²) < 4.78 is 0. The maximum absolute atomic E-state index is 5.79. The second-order valence-corrected chi connectivity index (χ2v) is 4.57. The van der Waals surface area contributed by atoms with Crippen LogP contribution < -0.4 is 5.73 Å². The Morgan fingerprint density at radius 3 is 2.25 bits per heavy atom. The number of nitrogens with zero attached hydrogens (tertiary/aromatic N) is 1. The van der Waals surface area contributed by atoms with Crippen molar-refractivity contribution in [2.24, 2.45) is 11.1 Å². The van der Waals surface area contributed by atoms with Crippen molar-refractivity contribution in [2.75, 3.05) is 20.1 Å². The lowest BCUT2D eigenvalue weighted by Crippen LogP contribution is -2.47. The number of nitrogens with two attached hydrogens (primary N) is 1. The minimum atomic E-state index is 0.471. The molecule has 12 heavy (non-hydrogen) atoms. The molecule has 2 nitrogen and oxygen atoms in total. The van der Waals surface area contributed by atoms with E-state index in [9.17, 15) is 0 Å². The lowest BCUT2D eigenvalue weighted by atomic mass is 9.68. The fraction of sp³-hybridized carbons (Fsp3) is 1.00. The Hall–Kier alpha value is -0.0800. The van der Waals surface area contributed by atoms with Gasteiger partial charge >= 0.3 is 0 Å². The summed E-state index contributed by atoms with van der Waals surface area (Å²) >= 11 is 0. The molecule has 0 unspecified atom stereocenters. The minimum absolute atomic E-state index is 0.471. The van der Waals surface area contributed by atoms with Crippen molar-refractivity contribution < 1.29 is 0 Å². The summed E-state index contributed by atoms with van der Waals surface area (Å²) in [6, 6.07) is 0.647. The van der Waals surface area contributed by atoms with Gasteiger partial charge in [0.15, 0.2) is 0 Å². The van der Waals surface area contributed by atoms with Gasteiger partial charge in [-0.15, -0.1) is 0 Å². The first-order valence-electron chi connectivity index (χ1n) is 5.00. The first-order valence-corrected chi connectivity index (χ1v) is 5.00. The molecule has 1 saturated carbocycles. The van der Waals surface area contributed by atoms with Gasteiger partial charge in [0.1, 0.15) is 0 Å². The van der Waals surface area contributed by atoms with Crippen molar-refractivity contribution in [3.05, 3.63) is 0 Å². The van der Waals surface area contributed by atoms with E-state index in [-0.39, 0.29) is 0 Å². The Balaban J connectivity index is 2.37. The van der Waals surface area contributed by atoms with Crippen LogP contribution in [0.15, 0.2) is 0 Å². The van der Waals surface area contributed by atoms with Gasteiger partial charge in [-0.3, -0.25) is 0 Å². The summed E-state index contributed by atoms with van der Waals surface area (Å²) in [6.45, 7) is 6.52. The van der Waals surface area contributed by atoms with Crippen LogP contribution in [-0.4, -0.2) is 31.1 Å². The molecular formula is C10H22N2. The topological polar surface area (TPSA) is 29.3 Å². The van der Waals surface area contributed by atoms with Crippen LogP contribution in [0.4, 0.5) is 0 Å². The van der Waals surface area contributed by atoms with Crippen molar-refractivity contribution in [2.45, 2.75) is 39.2 Å². The number of rotatable bonds is 4. The van der Waals surface area contributed by atoms with Crippen molar-refractivity contribution >= 4 is 0 Å². The van der Waals surface area contributed by atoms with Crippen molar-refractivity contribution in [3.8, 4) is 0 Å². The molecule has 1 aliphatic carbocycles. The Labute approximate surface area is 76.1 Å². The summed E-state index contributed by atoms with van der Waals surface area (Å²) in [6.07, 6.45) is 4.05. The molecule has 1 aliphatic rings. The molecule has 0 aliphatic heterocycles. The molecule has 0 heterocycles. The van der Waals surface area contributed by atoms with Crippen LogP contribution in [0, 0.1) is 5.41 Å². The molecule has 0 spiro atoms. The fourth-order valence-electron chi connectivity index (χ4n) is 1.82. The van der Waals surface area contributed by atoms with Crippen LogP contribution in [-0.2, 0) is 0 Å². The first kappa shape index (κ1) is 10.0. The molecule has 2 N–H and O–H groups in total. The average Bonchev–Trinajstić information content (AvgIpc) is 1.96. The van der Waals surface area contributed by atoms with Gasteiger partial charge in [-0.25, -0.2) is 0 Å². The lowest BCUT2D eigenvalue weighted by Gasteiger charge is -2.44. The van der Waals surface area contributed by atoms with Gasteiger partial charge in [0.25, 0.3) is 0 Å². The molecule has 72 valence electrons. The standard InChI is InChI=1S/C10H22N2/c1-9(2)12(3)8-10(7-11)5-4-6-10/h9H,4-8,11H2,1-3H3. The molecule has 1 rings (SSSR count). The van der Waals surface area contributed by atoms with Gasteiger partial charge in [0, 0.05) is 12.6 Å². The van der Waals surface area contributed by atoms with Crippen LogP contribution in [0.5, 0.6) is 0 Å². The predicted molar refractivity (Wildman–Crippen MR) is 53.1 cm³/mol. The molecule has 0 bridgehead atoms. The van der Waals surface area contributed by atoms with Gasteiger partial charge < -0.3 is 10.6 Å². The van der Waals surface area contributed by atoms with E-state index in [0.717, 1.165) is 6.54 Å². The Morgan fingerprint density at radius 1 is 1.42 bits per heavy atom. The van der Waals surface area contributed by atoms with E-state index in [1.807, 2.05) is 0 Å². The normalized spacial score (nSPS) is 21.5. The molecule has 2 heteroatoms. The largest absolute Gasteiger partial charge is 0.330 e. The van der Waals surface area contributed by atoms with E-state index in [0.29, 0.717) is 11.5 Å². The molecule has 0 atom stereocenters. The van der Waals surface area contributed by atoms with Crippen LogP contribution in [0.3, 0.4) is 0 Å². The molecule has 0 amide bonds. The third-order valence-corrected chi connectivity index (χ3v) is 3.31. The van der Waals surface area contributed by atoms with Crippen LogP contribution >= 0.6 is 0 Å². The third kappa shape index (κ3) is 1.99. The van der Waals surface area contributed by atoms with Gasteiger partial charge in [0.05, 0.1) is 0 Å². The summed E-state index contributed by atoms with van der Waals surface area (Å²) in [7, 11) is 2.19. The number of hydrogen-bond donors (Lipinski definition) is 1. The zero-order chi connectivity index (χ0) is 9.19. The van der Waals surface area contributed by atoms with E-state index in [2.05, 4.69) is 25.8 Å². The van der Waals surface area contributed by atoms with Crippen LogP contribution in [0.2, 0.25) is 0 Å². The second kappa shape index (κ2) is 3.75. The van der Waals surface area contributed by atoms with E-state index in [1.165, 1.54) is 25.8 Å². The van der Waals surface area contributed by atoms with Gasteiger partial charge in [-0.2, -0.15) is 0 Å². The molecular weight excluding hydrogens is 148 g/mol. The molecule has 0 radical (unpaired) electrons. The summed E-state index contributed by atoms with van der Waals surface area (Å²) in [5.41, 5.74) is 6.26. The molecule has 0 aromatic rings. The molecule has 1 fully saturated rings. The van der Waals surface area contributed by atoms with Crippen LogP contribution in [0.25, 0.3) is 0 Å². The summed E-state index contributed by atoms with van der Waals surface area (Å²) in [5, 5.41) is 0. The highest BCUT2D eigenvalue weighted by Gasteiger charge is 2.36. The minimum Gasteiger partial charge on any atom is -0.330 e. The summed E-state index contributed by atoms with van der Waals surface area (Å²) in [5.74, 6) is 0. The van der Waals surface area contributed by atoms with E-state index < -0.39 is 0 Å². The first-order chi connectivity index (χ1) is 5.59. The molecule has 0 saturated heterocycles. The molecule has 0 aromatic carbocycles. The van der Waals surface area contributed by atoms with E-state index >= 15 is 0 Å².